The minimum atomic E-state index is -2.59. The molecule has 5 nitrogen and oxygen atoms in total. The van der Waals surface area contributed by atoms with Crippen molar-refractivity contribution in [2.24, 2.45) is 16.3 Å². The van der Waals surface area contributed by atoms with Crippen LogP contribution >= 0.6 is 24.0 Å². The van der Waals surface area contributed by atoms with Crippen LogP contribution in [0.25, 0.3) is 0 Å². The molecule has 0 spiro atoms. The molecule has 0 unspecified atom stereocenters. The van der Waals surface area contributed by atoms with Gasteiger partial charge in [-0.15, -0.1) is 24.0 Å². The fraction of sp³-hybridized carbons (Fsp3) is 0.765. The molecule has 0 radical (unpaired) electrons. The number of hydrogen-bond acceptors (Lipinski definition) is 2. The Bertz CT molecular complexity index is 541. The van der Waals surface area contributed by atoms with Gasteiger partial charge in [0.25, 0.3) is 0 Å². The van der Waals surface area contributed by atoms with Gasteiger partial charge in [-0.25, -0.2) is 9.98 Å². The molecule has 1 fully saturated rings. The fourth-order valence-electron chi connectivity index (χ4n) is 3.40. The highest BCUT2D eigenvalue weighted by molar-refractivity contribution is 14.0. The molecule has 1 aromatic rings. The van der Waals surface area contributed by atoms with Crippen LogP contribution in [0.15, 0.2) is 17.4 Å². The van der Waals surface area contributed by atoms with Gasteiger partial charge < -0.3 is 10.6 Å². The molecule has 25 heavy (non-hydrogen) atoms. The van der Waals surface area contributed by atoms with Crippen molar-refractivity contribution in [1.82, 2.24) is 20.2 Å². The second kappa shape index (κ2) is 10.3. The van der Waals surface area contributed by atoms with Crippen molar-refractivity contribution in [3.05, 3.63) is 18.2 Å². The van der Waals surface area contributed by atoms with Gasteiger partial charge >= 0.3 is 6.55 Å². The SMILES string of the molecule is CCNC(=NCc1nccn1C(F)F)NCC1(CC(C)C)CCC1.I. The Labute approximate surface area is 166 Å². The quantitative estimate of drug-likeness (QED) is 0.342. The third-order valence-corrected chi connectivity index (χ3v) is 4.57. The van der Waals surface area contributed by atoms with E-state index in [9.17, 15) is 8.78 Å². The van der Waals surface area contributed by atoms with E-state index in [-0.39, 0.29) is 36.3 Å². The topological polar surface area (TPSA) is 54.2 Å². The summed E-state index contributed by atoms with van der Waals surface area (Å²) >= 11 is 0. The lowest BCUT2D eigenvalue weighted by molar-refractivity contribution is 0.0671. The average molecular weight is 469 g/mol. The molecule has 0 atom stereocenters. The van der Waals surface area contributed by atoms with Crippen LogP contribution in [-0.4, -0.2) is 28.6 Å². The van der Waals surface area contributed by atoms with E-state index in [0.717, 1.165) is 17.7 Å². The Hall–Kier alpha value is -0.930. The molecular formula is C17H30F2IN5. The first-order valence-electron chi connectivity index (χ1n) is 8.78. The zero-order valence-corrected chi connectivity index (χ0v) is 17.6. The zero-order chi connectivity index (χ0) is 17.6. The maximum Gasteiger partial charge on any atom is 0.319 e. The minimum Gasteiger partial charge on any atom is -0.357 e. The van der Waals surface area contributed by atoms with Crippen molar-refractivity contribution in [2.45, 2.75) is 59.5 Å². The molecule has 1 aliphatic rings. The number of hydrogen-bond donors (Lipinski definition) is 2. The van der Waals surface area contributed by atoms with Gasteiger partial charge in [-0.3, -0.25) is 4.57 Å². The van der Waals surface area contributed by atoms with Crippen LogP contribution in [-0.2, 0) is 6.54 Å². The lowest BCUT2D eigenvalue weighted by atomic mass is 9.64. The second-order valence-corrected chi connectivity index (χ2v) is 7.03. The van der Waals surface area contributed by atoms with Crippen molar-refractivity contribution in [1.29, 1.82) is 0 Å². The number of aliphatic imine (C=N–C) groups is 1. The first-order chi connectivity index (χ1) is 11.5. The van der Waals surface area contributed by atoms with Crippen molar-refractivity contribution in [2.75, 3.05) is 13.1 Å². The van der Waals surface area contributed by atoms with Crippen molar-refractivity contribution < 1.29 is 8.78 Å². The van der Waals surface area contributed by atoms with E-state index in [4.69, 9.17) is 0 Å². The van der Waals surface area contributed by atoms with E-state index in [2.05, 4.69) is 34.5 Å². The molecule has 2 rings (SSSR count). The van der Waals surface area contributed by atoms with Crippen LogP contribution in [0.1, 0.15) is 58.8 Å². The summed E-state index contributed by atoms with van der Waals surface area (Å²) in [5.41, 5.74) is 0.353. The van der Waals surface area contributed by atoms with Crippen LogP contribution in [0.3, 0.4) is 0 Å². The molecule has 0 bridgehead atoms. The third kappa shape index (κ3) is 6.38. The minimum absolute atomic E-state index is 0. The lowest BCUT2D eigenvalue weighted by Crippen LogP contribution is -2.47. The summed E-state index contributed by atoms with van der Waals surface area (Å²) in [6, 6.07) is 0. The molecule has 0 aromatic carbocycles. The van der Waals surface area contributed by atoms with Gasteiger partial charge in [0.2, 0.25) is 0 Å². The van der Waals surface area contributed by atoms with E-state index in [1.807, 2.05) is 6.92 Å². The van der Waals surface area contributed by atoms with Crippen LogP contribution in [0.5, 0.6) is 0 Å². The normalized spacial score (nSPS) is 16.5. The Kier molecular flexibility index (Phi) is 9.09. The average Bonchev–Trinajstić information content (AvgIpc) is 2.95. The third-order valence-electron chi connectivity index (χ3n) is 4.57. The van der Waals surface area contributed by atoms with Crippen LogP contribution in [0.4, 0.5) is 8.78 Å². The molecule has 1 saturated carbocycles. The summed E-state index contributed by atoms with van der Waals surface area (Å²) in [7, 11) is 0. The van der Waals surface area contributed by atoms with Crippen molar-refractivity contribution >= 4 is 29.9 Å². The van der Waals surface area contributed by atoms with Crippen molar-refractivity contribution in [3.8, 4) is 0 Å². The summed E-state index contributed by atoms with van der Waals surface area (Å²) in [5, 5.41) is 6.58. The molecule has 1 aromatic heterocycles. The first kappa shape index (κ1) is 22.1. The van der Waals surface area contributed by atoms with E-state index in [0.29, 0.717) is 17.3 Å². The van der Waals surface area contributed by atoms with Gasteiger partial charge in [0.05, 0.1) is 0 Å². The maximum atomic E-state index is 12.9. The van der Waals surface area contributed by atoms with Crippen LogP contribution < -0.4 is 10.6 Å². The number of guanidine groups is 1. The van der Waals surface area contributed by atoms with E-state index in [1.54, 1.807) is 0 Å². The predicted octanol–water partition coefficient (Wildman–Crippen LogP) is 4.17. The Morgan fingerprint density at radius 3 is 2.60 bits per heavy atom. The summed E-state index contributed by atoms with van der Waals surface area (Å²) in [5.74, 6) is 1.60. The van der Waals surface area contributed by atoms with Gasteiger partial charge in [0.1, 0.15) is 12.4 Å². The standard InChI is InChI=1S/C17H29F2N5.HI/c1-4-20-16(22-11-14-21-8-9-24(14)15(18)19)23-12-17(6-5-7-17)10-13(2)3;/h8-9,13,15H,4-7,10-12H2,1-3H3,(H2,20,22,23);1H. The van der Waals surface area contributed by atoms with E-state index in [1.165, 1.54) is 38.1 Å². The fourth-order valence-corrected chi connectivity index (χ4v) is 3.40. The summed E-state index contributed by atoms with van der Waals surface area (Å²) in [6.45, 7) is 5.64. The van der Waals surface area contributed by atoms with Gasteiger partial charge in [-0.05, 0) is 37.5 Å². The number of aromatic nitrogens is 2. The molecule has 2 N–H and O–H groups in total. The number of rotatable bonds is 8. The molecule has 0 aliphatic heterocycles. The number of nitrogens with one attached hydrogen (secondary N) is 2. The smallest absolute Gasteiger partial charge is 0.319 e. The van der Waals surface area contributed by atoms with Gasteiger partial charge in [-0.1, -0.05) is 20.3 Å². The largest absolute Gasteiger partial charge is 0.357 e. The number of alkyl halides is 2. The molecular weight excluding hydrogens is 439 g/mol. The first-order valence-corrected chi connectivity index (χ1v) is 8.78. The van der Waals surface area contributed by atoms with Gasteiger partial charge in [0.15, 0.2) is 5.96 Å². The van der Waals surface area contributed by atoms with E-state index >= 15 is 0 Å². The van der Waals surface area contributed by atoms with Crippen LogP contribution in [0.2, 0.25) is 0 Å². The molecule has 1 heterocycles. The molecule has 0 amide bonds. The summed E-state index contributed by atoms with van der Waals surface area (Å²) in [6.07, 6.45) is 7.63. The molecule has 8 heteroatoms. The Morgan fingerprint density at radius 2 is 2.08 bits per heavy atom. The number of nitrogens with zero attached hydrogens (tertiary/aromatic N) is 3. The monoisotopic (exact) mass is 469 g/mol. The van der Waals surface area contributed by atoms with E-state index < -0.39 is 6.55 Å². The number of halogens is 3. The zero-order valence-electron chi connectivity index (χ0n) is 15.3. The molecule has 144 valence electrons. The van der Waals surface area contributed by atoms with Gasteiger partial charge in [0, 0.05) is 25.5 Å². The van der Waals surface area contributed by atoms with Crippen molar-refractivity contribution in [3.63, 3.8) is 0 Å². The predicted molar refractivity (Wildman–Crippen MR) is 107 cm³/mol. The van der Waals surface area contributed by atoms with Crippen LogP contribution in [0, 0.1) is 11.3 Å². The second-order valence-electron chi connectivity index (χ2n) is 7.03. The highest BCUT2D eigenvalue weighted by Crippen LogP contribution is 2.45. The molecule has 1 aliphatic carbocycles. The Balaban J connectivity index is 0.00000312. The Morgan fingerprint density at radius 1 is 1.36 bits per heavy atom. The lowest BCUT2D eigenvalue weighted by Gasteiger charge is -2.43. The maximum absolute atomic E-state index is 12.9. The highest BCUT2D eigenvalue weighted by atomic mass is 127. The van der Waals surface area contributed by atoms with Gasteiger partial charge in [-0.2, -0.15) is 8.78 Å². The summed E-state index contributed by atoms with van der Waals surface area (Å²) < 4.78 is 26.6. The summed E-state index contributed by atoms with van der Waals surface area (Å²) in [4.78, 5) is 8.38. The number of imidazole rings is 1. The highest BCUT2D eigenvalue weighted by Gasteiger charge is 2.37. The molecule has 0 saturated heterocycles.